The van der Waals surface area contributed by atoms with Crippen LogP contribution in [-0.2, 0) is 15.7 Å². The Labute approximate surface area is 161 Å². The maximum Gasteiger partial charge on any atom is 0.416 e. The first-order valence-electron chi connectivity index (χ1n) is 9.24. The van der Waals surface area contributed by atoms with Gasteiger partial charge in [0.25, 0.3) is 0 Å². The fourth-order valence-corrected chi connectivity index (χ4v) is 3.26. The number of hydrogen-bond acceptors (Lipinski definition) is 4. The van der Waals surface area contributed by atoms with E-state index >= 15 is 0 Å². The second-order valence-corrected chi connectivity index (χ2v) is 6.61. The van der Waals surface area contributed by atoms with Crippen molar-refractivity contribution in [2.24, 2.45) is 5.92 Å². The first kappa shape index (κ1) is 20.0. The van der Waals surface area contributed by atoms with Gasteiger partial charge in [0.15, 0.2) is 5.75 Å². The molecule has 0 unspecified atom stereocenters. The molecular formula is C21H22F3NO3. The van der Waals surface area contributed by atoms with Crippen LogP contribution in [0.15, 0.2) is 48.5 Å². The number of carbonyl (C=O) groups excluding carboxylic acids is 1. The smallest absolute Gasteiger partial charge is 0.416 e. The number of halogens is 3. The number of hydrogen-bond donors (Lipinski definition) is 0. The predicted molar refractivity (Wildman–Crippen MR) is 99.5 cm³/mol. The number of benzene rings is 2. The second kappa shape index (κ2) is 8.54. The van der Waals surface area contributed by atoms with Gasteiger partial charge in [-0.05, 0) is 56.2 Å². The molecule has 0 aliphatic carbocycles. The Bertz CT molecular complexity index is 797. The van der Waals surface area contributed by atoms with Crippen LogP contribution in [0.1, 0.15) is 25.3 Å². The van der Waals surface area contributed by atoms with Gasteiger partial charge in [-0.15, -0.1) is 0 Å². The molecule has 0 spiro atoms. The number of nitrogens with zero attached hydrogens (tertiary/aromatic N) is 1. The van der Waals surface area contributed by atoms with Gasteiger partial charge in [0.2, 0.25) is 0 Å². The third-order valence-electron chi connectivity index (χ3n) is 4.73. The average molecular weight is 393 g/mol. The molecule has 1 saturated heterocycles. The fraction of sp³-hybridized carbons (Fsp3) is 0.381. The molecule has 1 aliphatic rings. The van der Waals surface area contributed by atoms with E-state index in [1.165, 1.54) is 12.1 Å². The van der Waals surface area contributed by atoms with Crippen molar-refractivity contribution in [2.45, 2.75) is 25.9 Å². The first-order valence-corrected chi connectivity index (χ1v) is 9.24. The van der Waals surface area contributed by atoms with E-state index in [1.54, 1.807) is 13.0 Å². The van der Waals surface area contributed by atoms with Crippen molar-refractivity contribution in [2.75, 3.05) is 24.6 Å². The highest BCUT2D eigenvalue weighted by Crippen LogP contribution is 2.36. The highest BCUT2D eigenvalue weighted by atomic mass is 19.4. The van der Waals surface area contributed by atoms with Crippen LogP contribution in [0.2, 0.25) is 0 Å². The van der Waals surface area contributed by atoms with Crippen molar-refractivity contribution >= 4 is 11.7 Å². The van der Waals surface area contributed by atoms with Gasteiger partial charge in [0.05, 0.1) is 23.8 Å². The Kier molecular flexibility index (Phi) is 6.11. The fourth-order valence-electron chi connectivity index (χ4n) is 3.26. The van der Waals surface area contributed by atoms with Crippen molar-refractivity contribution in [3.63, 3.8) is 0 Å². The van der Waals surface area contributed by atoms with Crippen LogP contribution in [0.25, 0.3) is 0 Å². The number of anilines is 1. The molecule has 0 amide bonds. The number of esters is 1. The van der Waals surface area contributed by atoms with Gasteiger partial charge >= 0.3 is 12.1 Å². The Morgan fingerprint density at radius 1 is 1.07 bits per heavy atom. The zero-order valence-corrected chi connectivity index (χ0v) is 15.5. The minimum absolute atomic E-state index is 0.0980. The van der Waals surface area contributed by atoms with Crippen LogP contribution in [0.5, 0.6) is 11.5 Å². The van der Waals surface area contributed by atoms with Gasteiger partial charge in [-0.3, -0.25) is 4.79 Å². The van der Waals surface area contributed by atoms with Crippen LogP contribution in [0.3, 0.4) is 0 Å². The number of carbonyl (C=O) groups is 1. The molecule has 0 N–H and O–H groups in total. The molecule has 1 heterocycles. The summed E-state index contributed by atoms with van der Waals surface area (Å²) in [5.74, 6) is 0.648. The molecule has 0 aromatic heterocycles. The van der Waals surface area contributed by atoms with E-state index in [-0.39, 0.29) is 11.9 Å². The SMILES string of the molecule is CCOC(=O)C1CCN(c2ccccc2Oc2ccc(C(F)(F)F)cc2)CC1. The lowest BCUT2D eigenvalue weighted by Crippen LogP contribution is -2.37. The first-order chi connectivity index (χ1) is 13.4. The topological polar surface area (TPSA) is 38.8 Å². The molecule has 7 heteroatoms. The molecule has 28 heavy (non-hydrogen) atoms. The predicted octanol–water partition coefficient (Wildman–Crippen LogP) is 5.28. The molecule has 2 aromatic carbocycles. The summed E-state index contributed by atoms with van der Waals surface area (Å²) in [5.41, 5.74) is 0.138. The summed E-state index contributed by atoms with van der Waals surface area (Å²) in [6.45, 7) is 3.53. The third kappa shape index (κ3) is 4.77. The lowest BCUT2D eigenvalue weighted by atomic mass is 9.96. The van der Waals surface area contributed by atoms with Crippen molar-refractivity contribution in [1.29, 1.82) is 0 Å². The molecule has 2 aromatic rings. The minimum atomic E-state index is -4.38. The summed E-state index contributed by atoms with van der Waals surface area (Å²) in [6, 6.07) is 12.0. The van der Waals surface area contributed by atoms with Gasteiger partial charge in [-0.2, -0.15) is 13.2 Å². The third-order valence-corrected chi connectivity index (χ3v) is 4.73. The number of para-hydroxylation sites is 2. The quantitative estimate of drug-likeness (QED) is 0.648. The van der Waals surface area contributed by atoms with E-state index in [9.17, 15) is 18.0 Å². The van der Waals surface area contributed by atoms with Crippen molar-refractivity contribution in [3.8, 4) is 11.5 Å². The molecule has 0 saturated carbocycles. The molecule has 0 bridgehead atoms. The second-order valence-electron chi connectivity index (χ2n) is 6.61. The number of rotatable bonds is 5. The van der Waals surface area contributed by atoms with Crippen molar-refractivity contribution in [3.05, 3.63) is 54.1 Å². The van der Waals surface area contributed by atoms with E-state index in [0.717, 1.165) is 17.8 Å². The van der Waals surface area contributed by atoms with Crippen LogP contribution in [-0.4, -0.2) is 25.7 Å². The van der Waals surface area contributed by atoms with Crippen LogP contribution in [0.4, 0.5) is 18.9 Å². The molecule has 150 valence electrons. The van der Waals surface area contributed by atoms with Crippen molar-refractivity contribution in [1.82, 2.24) is 0 Å². The number of piperidine rings is 1. The van der Waals surface area contributed by atoms with E-state index in [0.29, 0.717) is 44.0 Å². The van der Waals surface area contributed by atoms with Crippen LogP contribution >= 0.6 is 0 Å². The van der Waals surface area contributed by atoms with E-state index in [1.807, 2.05) is 18.2 Å². The molecular weight excluding hydrogens is 371 g/mol. The van der Waals surface area contributed by atoms with Gasteiger partial charge in [0, 0.05) is 13.1 Å². The Morgan fingerprint density at radius 2 is 1.71 bits per heavy atom. The maximum absolute atomic E-state index is 12.7. The minimum Gasteiger partial charge on any atom is -0.466 e. The molecule has 3 rings (SSSR count). The van der Waals surface area contributed by atoms with Crippen molar-refractivity contribution < 1.29 is 27.4 Å². The Hall–Kier alpha value is -2.70. The highest BCUT2D eigenvalue weighted by molar-refractivity contribution is 5.73. The normalized spacial score (nSPS) is 15.4. The zero-order chi connectivity index (χ0) is 20.1. The van der Waals surface area contributed by atoms with Crippen LogP contribution in [0, 0.1) is 5.92 Å². The summed E-state index contributed by atoms with van der Waals surface area (Å²) in [4.78, 5) is 14.0. The summed E-state index contributed by atoms with van der Waals surface area (Å²) < 4.78 is 49.1. The lowest BCUT2D eigenvalue weighted by Gasteiger charge is -2.33. The molecule has 0 atom stereocenters. The molecule has 1 aliphatic heterocycles. The van der Waals surface area contributed by atoms with Gasteiger partial charge < -0.3 is 14.4 Å². The van der Waals surface area contributed by atoms with E-state index in [4.69, 9.17) is 9.47 Å². The largest absolute Gasteiger partial charge is 0.466 e. The highest BCUT2D eigenvalue weighted by Gasteiger charge is 2.30. The van der Waals surface area contributed by atoms with Gasteiger partial charge in [-0.1, -0.05) is 12.1 Å². The summed E-state index contributed by atoms with van der Waals surface area (Å²) in [7, 11) is 0. The lowest BCUT2D eigenvalue weighted by molar-refractivity contribution is -0.148. The standard InChI is InChI=1S/C21H22F3NO3/c1-2-27-20(26)15-11-13-25(14-12-15)18-5-3-4-6-19(18)28-17-9-7-16(8-10-17)21(22,23)24/h3-10,15H,2,11-14H2,1H3. The zero-order valence-electron chi connectivity index (χ0n) is 15.5. The molecule has 1 fully saturated rings. The number of ether oxygens (including phenoxy) is 2. The molecule has 0 radical (unpaired) electrons. The average Bonchev–Trinajstić information content (AvgIpc) is 2.68. The van der Waals surface area contributed by atoms with Gasteiger partial charge in [-0.25, -0.2) is 0 Å². The summed E-state index contributed by atoms with van der Waals surface area (Å²) in [5, 5.41) is 0. The number of alkyl halides is 3. The van der Waals surface area contributed by atoms with Crippen LogP contribution < -0.4 is 9.64 Å². The van der Waals surface area contributed by atoms with E-state index < -0.39 is 11.7 Å². The molecule has 4 nitrogen and oxygen atoms in total. The summed E-state index contributed by atoms with van der Waals surface area (Å²) >= 11 is 0. The van der Waals surface area contributed by atoms with E-state index in [2.05, 4.69) is 4.90 Å². The summed E-state index contributed by atoms with van der Waals surface area (Å²) in [6.07, 6.45) is -3.00. The van der Waals surface area contributed by atoms with Gasteiger partial charge in [0.1, 0.15) is 5.75 Å². The Morgan fingerprint density at radius 3 is 2.32 bits per heavy atom. The Balaban J connectivity index is 1.69. The maximum atomic E-state index is 12.7. The monoisotopic (exact) mass is 393 g/mol.